The molecule has 0 aliphatic rings. The van der Waals surface area contributed by atoms with Crippen LogP contribution in [-0.2, 0) is 0 Å². The van der Waals surface area contributed by atoms with E-state index in [1.165, 1.54) is 0 Å². The molecule has 0 aliphatic heterocycles. The molecule has 0 spiro atoms. The Labute approximate surface area is 142 Å². The van der Waals surface area contributed by atoms with Crippen LogP contribution in [0.2, 0.25) is 10.0 Å². The molecule has 0 saturated carbocycles. The van der Waals surface area contributed by atoms with Gasteiger partial charge in [0.25, 0.3) is 0 Å². The molecule has 0 aliphatic carbocycles. The Bertz CT molecular complexity index is 897. The van der Waals surface area contributed by atoms with Crippen molar-refractivity contribution >= 4 is 51.4 Å². The highest BCUT2D eigenvalue weighted by atomic mass is 35.5. The summed E-state index contributed by atoms with van der Waals surface area (Å²) in [6.07, 6.45) is 0. The minimum Gasteiger partial charge on any atom is -0.508 e. The number of urea groups is 1. The smallest absolute Gasteiger partial charge is 0.323 e. The van der Waals surface area contributed by atoms with E-state index >= 15 is 0 Å². The van der Waals surface area contributed by atoms with E-state index in [1.807, 2.05) is 12.1 Å². The highest BCUT2D eigenvalue weighted by molar-refractivity contribution is 6.44. The number of amides is 2. The Morgan fingerprint density at radius 1 is 0.913 bits per heavy atom. The molecule has 0 heterocycles. The van der Waals surface area contributed by atoms with Gasteiger partial charge in [-0.05, 0) is 35.7 Å². The average molecular weight is 347 g/mol. The van der Waals surface area contributed by atoms with Gasteiger partial charge >= 0.3 is 6.03 Å². The lowest BCUT2D eigenvalue weighted by atomic mass is 10.1. The lowest BCUT2D eigenvalue weighted by molar-refractivity contribution is 0.262. The van der Waals surface area contributed by atoms with Gasteiger partial charge < -0.3 is 15.7 Å². The quantitative estimate of drug-likeness (QED) is 0.573. The van der Waals surface area contributed by atoms with Crippen LogP contribution in [0, 0.1) is 0 Å². The van der Waals surface area contributed by atoms with E-state index in [9.17, 15) is 9.90 Å². The molecular formula is C17H12Cl2N2O2. The highest BCUT2D eigenvalue weighted by Gasteiger charge is 2.10. The number of hydrogen-bond donors (Lipinski definition) is 3. The van der Waals surface area contributed by atoms with Gasteiger partial charge in [-0.1, -0.05) is 47.5 Å². The van der Waals surface area contributed by atoms with Crippen LogP contribution in [0.1, 0.15) is 0 Å². The van der Waals surface area contributed by atoms with Crippen molar-refractivity contribution in [2.75, 3.05) is 10.6 Å². The molecule has 0 atom stereocenters. The minimum atomic E-state index is -0.454. The van der Waals surface area contributed by atoms with Crippen LogP contribution in [0.5, 0.6) is 5.75 Å². The molecule has 23 heavy (non-hydrogen) atoms. The van der Waals surface area contributed by atoms with Gasteiger partial charge in [0, 0.05) is 5.39 Å². The Hall–Kier alpha value is -2.43. The summed E-state index contributed by atoms with van der Waals surface area (Å²) < 4.78 is 0. The molecule has 3 N–H and O–H groups in total. The Kier molecular flexibility index (Phi) is 4.28. The highest BCUT2D eigenvalue weighted by Crippen LogP contribution is 2.30. The molecule has 3 aromatic carbocycles. The van der Waals surface area contributed by atoms with E-state index in [2.05, 4.69) is 10.6 Å². The van der Waals surface area contributed by atoms with E-state index < -0.39 is 6.03 Å². The summed E-state index contributed by atoms with van der Waals surface area (Å²) in [7, 11) is 0. The summed E-state index contributed by atoms with van der Waals surface area (Å²) >= 11 is 12.0. The van der Waals surface area contributed by atoms with E-state index in [0.717, 1.165) is 10.8 Å². The first-order valence-electron chi connectivity index (χ1n) is 6.78. The van der Waals surface area contributed by atoms with Gasteiger partial charge in [0.1, 0.15) is 5.75 Å². The second-order valence-electron chi connectivity index (χ2n) is 4.89. The maximum Gasteiger partial charge on any atom is 0.323 e. The van der Waals surface area contributed by atoms with Crippen molar-refractivity contribution in [1.29, 1.82) is 0 Å². The molecule has 116 valence electrons. The van der Waals surface area contributed by atoms with Gasteiger partial charge in [0.15, 0.2) is 0 Å². The predicted molar refractivity (Wildman–Crippen MR) is 94.7 cm³/mol. The number of anilines is 2. The normalized spacial score (nSPS) is 10.5. The Morgan fingerprint density at radius 2 is 1.61 bits per heavy atom. The van der Waals surface area contributed by atoms with E-state index in [4.69, 9.17) is 23.2 Å². The SMILES string of the molecule is O=C(Nc1cccc(Cl)c1Cl)Nc1cccc2ccc(O)cc12. The number of carbonyl (C=O) groups excluding carboxylic acids is 1. The first-order valence-corrected chi connectivity index (χ1v) is 7.54. The van der Waals surface area contributed by atoms with Crippen molar-refractivity contribution < 1.29 is 9.90 Å². The number of phenolic OH excluding ortho intramolecular Hbond substituents is 1. The molecule has 0 unspecified atom stereocenters. The summed E-state index contributed by atoms with van der Waals surface area (Å²) in [6.45, 7) is 0. The topological polar surface area (TPSA) is 61.4 Å². The van der Waals surface area contributed by atoms with Gasteiger partial charge in [-0.3, -0.25) is 0 Å². The summed E-state index contributed by atoms with van der Waals surface area (Å²) in [4.78, 5) is 12.2. The van der Waals surface area contributed by atoms with Crippen molar-refractivity contribution in [3.63, 3.8) is 0 Å². The van der Waals surface area contributed by atoms with Crippen LogP contribution in [0.3, 0.4) is 0 Å². The molecule has 2 amide bonds. The van der Waals surface area contributed by atoms with Gasteiger partial charge in [-0.2, -0.15) is 0 Å². The van der Waals surface area contributed by atoms with E-state index in [-0.39, 0.29) is 10.8 Å². The predicted octanol–water partition coefficient (Wildman–Crippen LogP) is 5.50. The number of benzene rings is 3. The zero-order chi connectivity index (χ0) is 16.4. The zero-order valence-electron chi connectivity index (χ0n) is 11.8. The van der Waals surface area contributed by atoms with Crippen molar-refractivity contribution in [2.24, 2.45) is 0 Å². The van der Waals surface area contributed by atoms with Gasteiger partial charge in [-0.25, -0.2) is 4.79 Å². The largest absolute Gasteiger partial charge is 0.508 e. The molecular weight excluding hydrogens is 335 g/mol. The van der Waals surface area contributed by atoms with Crippen molar-refractivity contribution in [3.05, 3.63) is 64.6 Å². The third-order valence-corrected chi connectivity index (χ3v) is 4.13. The third-order valence-electron chi connectivity index (χ3n) is 3.31. The number of nitrogens with one attached hydrogen (secondary N) is 2. The molecule has 0 fully saturated rings. The Morgan fingerprint density at radius 3 is 2.43 bits per heavy atom. The first-order chi connectivity index (χ1) is 11.0. The van der Waals surface area contributed by atoms with Crippen LogP contribution in [0.25, 0.3) is 10.8 Å². The molecule has 4 nitrogen and oxygen atoms in total. The lowest BCUT2D eigenvalue weighted by Gasteiger charge is -2.11. The fourth-order valence-electron chi connectivity index (χ4n) is 2.25. The summed E-state index contributed by atoms with van der Waals surface area (Å²) in [5, 5.41) is 17.3. The number of hydrogen-bond acceptors (Lipinski definition) is 2. The molecule has 0 saturated heterocycles. The zero-order valence-corrected chi connectivity index (χ0v) is 13.3. The molecule has 3 rings (SSSR count). The standard InChI is InChI=1S/C17H12Cl2N2O2/c18-13-4-2-6-15(16(13)19)21-17(23)20-14-5-1-3-10-7-8-11(22)9-12(10)14/h1-9,22H,(H2,20,21,23). The molecule has 0 radical (unpaired) electrons. The summed E-state index contributed by atoms with van der Waals surface area (Å²) in [5.41, 5.74) is 0.994. The summed E-state index contributed by atoms with van der Waals surface area (Å²) in [5.74, 6) is 0.130. The summed E-state index contributed by atoms with van der Waals surface area (Å²) in [6, 6.07) is 15.0. The first kappa shape index (κ1) is 15.5. The second kappa shape index (κ2) is 6.36. The van der Waals surface area contributed by atoms with Gasteiger partial charge in [0.05, 0.1) is 21.4 Å². The Balaban J connectivity index is 1.86. The molecule has 3 aromatic rings. The number of phenols is 1. The second-order valence-corrected chi connectivity index (χ2v) is 5.68. The van der Waals surface area contributed by atoms with E-state index in [0.29, 0.717) is 16.4 Å². The fourth-order valence-corrected chi connectivity index (χ4v) is 2.59. The van der Waals surface area contributed by atoms with Crippen LogP contribution >= 0.6 is 23.2 Å². The van der Waals surface area contributed by atoms with Crippen LogP contribution in [0.15, 0.2) is 54.6 Å². The maximum atomic E-state index is 12.2. The van der Waals surface area contributed by atoms with Crippen LogP contribution < -0.4 is 10.6 Å². The van der Waals surface area contributed by atoms with Gasteiger partial charge in [0.2, 0.25) is 0 Å². The van der Waals surface area contributed by atoms with Crippen molar-refractivity contribution in [1.82, 2.24) is 0 Å². The number of carbonyl (C=O) groups is 1. The number of aromatic hydroxyl groups is 1. The minimum absolute atomic E-state index is 0.130. The molecule has 0 bridgehead atoms. The van der Waals surface area contributed by atoms with Crippen LogP contribution in [0.4, 0.5) is 16.2 Å². The average Bonchev–Trinajstić information content (AvgIpc) is 2.52. The van der Waals surface area contributed by atoms with Crippen molar-refractivity contribution in [3.8, 4) is 5.75 Å². The number of halogens is 2. The fraction of sp³-hybridized carbons (Fsp3) is 0. The van der Waals surface area contributed by atoms with Gasteiger partial charge in [-0.15, -0.1) is 0 Å². The van der Waals surface area contributed by atoms with E-state index in [1.54, 1.807) is 42.5 Å². The molecule has 0 aromatic heterocycles. The van der Waals surface area contributed by atoms with Crippen molar-refractivity contribution in [2.45, 2.75) is 0 Å². The number of rotatable bonds is 2. The third kappa shape index (κ3) is 3.33. The molecule has 6 heteroatoms. The van der Waals surface area contributed by atoms with Crippen LogP contribution in [-0.4, -0.2) is 11.1 Å². The maximum absolute atomic E-state index is 12.2. The number of fused-ring (bicyclic) bond motifs is 1. The monoisotopic (exact) mass is 346 g/mol. The lowest BCUT2D eigenvalue weighted by Crippen LogP contribution is -2.19.